The molecule has 4 nitrogen and oxygen atoms in total. The van der Waals surface area contributed by atoms with Crippen LogP contribution in [0, 0.1) is 0 Å². The molecule has 82 valence electrons. The Labute approximate surface area is 97.8 Å². The van der Waals surface area contributed by atoms with Gasteiger partial charge in [-0.25, -0.2) is 4.68 Å². The van der Waals surface area contributed by atoms with Crippen molar-refractivity contribution in [2.24, 2.45) is 0 Å². The Morgan fingerprint density at radius 1 is 1.38 bits per heavy atom. The van der Waals surface area contributed by atoms with Crippen LogP contribution < -0.4 is 5.32 Å². The van der Waals surface area contributed by atoms with Gasteiger partial charge in [0.05, 0.1) is 17.4 Å². The molecule has 2 rings (SSSR count). The van der Waals surface area contributed by atoms with Crippen molar-refractivity contribution in [3.05, 3.63) is 47.2 Å². The second kappa shape index (κ2) is 4.37. The summed E-state index contributed by atoms with van der Waals surface area (Å²) in [7, 11) is 1.59. The molecule has 1 heterocycles. The maximum Gasteiger partial charge on any atom is 0.254 e. The van der Waals surface area contributed by atoms with E-state index >= 15 is 0 Å². The Kier molecular flexibility index (Phi) is 2.92. The number of benzene rings is 1. The van der Waals surface area contributed by atoms with Gasteiger partial charge in [0.2, 0.25) is 0 Å². The number of halogens is 1. The van der Waals surface area contributed by atoms with Gasteiger partial charge in [-0.1, -0.05) is 11.6 Å². The van der Waals surface area contributed by atoms with Crippen LogP contribution in [0.3, 0.4) is 0 Å². The van der Waals surface area contributed by atoms with E-state index in [0.29, 0.717) is 10.6 Å². The lowest BCUT2D eigenvalue weighted by Gasteiger charge is -2.00. The summed E-state index contributed by atoms with van der Waals surface area (Å²) in [4.78, 5) is 11.3. The minimum atomic E-state index is -0.153. The fourth-order valence-corrected chi connectivity index (χ4v) is 1.45. The second-order valence-electron chi connectivity index (χ2n) is 3.23. The van der Waals surface area contributed by atoms with Crippen LogP contribution in [0.15, 0.2) is 36.7 Å². The quantitative estimate of drug-likeness (QED) is 0.864. The Bertz CT molecular complexity index is 504. The van der Waals surface area contributed by atoms with Crippen LogP contribution in [0.2, 0.25) is 5.02 Å². The molecule has 0 radical (unpaired) electrons. The van der Waals surface area contributed by atoms with E-state index in [-0.39, 0.29) is 5.91 Å². The Hall–Kier alpha value is -1.81. The van der Waals surface area contributed by atoms with E-state index in [2.05, 4.69) is 10.4 Å². The molecular weight excluding hydrogens is 226 g/mol. The van der Waals surface area contributed by atoms with E-state index in [1.807, 2.05) is 12.1 Å². The predicted molar refractivity (Wildman–Crippen MR) is 62.0 cm³/mol. The molecule has 1 aromatic carbocycles. The smallest absolute Gasteiger partial charge is 0.254 e. The van der Waals surface area contributed by atoms with Crippen LogP contribution in [0.1, 0.15) is 10.4 Å². The normalized spacial score (nSPS) is 10.1. The number of rotatable bonds is 2. The number of amides is 1. The summed E-state index contributed by atoms with van der Waals surface area (Å²) in [5.41, 5.74) is 1.39. The van der Waals surface area contributed by atoms with Gasteiger partial charge >= 0.3 is 0 Å². The molecule has 16 heavy (non-hydrogen) atoms. The van der Waals surface area contributed by atoms with Gasteiger partial charge in [0.15, 0.2) is 0 Å². The van der Waals surface area contributed by atoms with Gasteiger partial charge in [-0.15, -0.1) is 0 Å². The predicted octanol–water partition coefficient (Wildman–Crippen LogP) is 1.89. The van der Waals surface area contributed by atoms with Crippen LogP contribution in [0.25, 0.3) is 5.69 Å². The monoisotopic (exact) mass is 235 g/mol. The molecule has 0 aliphatic heterocycles. The zero-order valence-electron chi connectivity index (χ0n) is 8.64. The average Bonchev–Trinajstić information content (AvgIpc) is 2.78. The summed E-state index contributed by atoms with van der Waals surface area (Å²) < 4.78 is 1.63. The molecule has 0 saturated heterocycles. The lowest BCUT2D eigenvalue weighted by atomic mass is 10.3. The molecule has 0 spiro atoms. The highest BCUT2D eigenvalue weighted by Crippen LogP contribution is 2.13. The van der Waals surface area contributed by atoms with Crippen LogP contribution in [-0.4, -0.2) is 22.7 Å². The van der Waals surface area contributed by atoms with Crippen molar-refractivity contribution in [3.8, 4) is 5.69 Å². The highest BCUT2D eigenvalue weighted by molar-refractivity contribution is 6.30. The third-order valence-electron chi connectivity index (χ3n) is 2.16. The van der Waals surface area contributed by atoms with Gasteiger partial charge < -0.3 is 5.32 Å². The Balaban J connectivity index is 2.31. The van der Waals surface area contributed by atoms with Gasteiger partial charge in [-0.05, 0) is 24.3 Å². The molecular formula is C11H10ClN3O. The molecule has 5 heteroatoms. The highest BCUT2D eigenvalue weighted by Gasteiger charge is 2.06. The molecule has 2 aromatic rings. The fourth-order valence-electron chi connectivity index (χ4n) is 1.32. The van der Waals surface area contributed by atoms with Crippen LogP contribution >= 0.6 is 11.6 Å². The van der Waals surface area contributed by atoms with E-state index in [9.17, 15) is 4.79 Å². The molecule has 0 atom stereocenters. The molecule has 1 amide bonds. The number of aromatic nitrogens is 2. The lowest BCUT2D eigenvalue weighted by Crippen LogP contribution is -2.16. The molecule has 0 bridgehead atoms. The molecule has 0 aliphatic rings. The lowest BCUT2D eigenvalue weighted by molar-refractivity contribution is 0.0963. The Morgan fingerprint density at radius 2 is 2.06 bits per heavy atom. The van der Waals surface area contributed by atoms with Gasteiger partial charge in [0.1, 0.15) is 0 Å². The van der Waals surface area contributed by atoms with Crippen molar-refractivity contribution in [2.75, 3.05) is 7.05 Å². The van der Waals surface area contributed by atoms with Crippen molar-refractivity contribution in [3.63, 3.8) is 0 Å². The van der Waals surface area contributed by atoms with E-state index < -0.39 is 0 Å². The number of hydrogen-bond donors (Lipinski definition) is 1. The van der Waals surface area contributed by atoms with Crippen molar-refractivity contribution in [1.82, 2.24) is 15.1 Å². The van der Waals surface area contributed by atoms with Gasteiger partial charge in [-0.2, -0.15) is 5.10 Å². The largest absolute Gasteiger partial charge is 0.355 e. The van der Waals surface area contributed by atoms with Crippen molar-refractivity contribution < 1.29 is 4.79 Å². The summed E-state index contributed by atoms with van der Waals surface area (Å²) in [6.45, 7) is 0. The number of nitrogens with one attached hydrogen (secondary N) is 1. The topological polar surface area (TPSA) is 46.9 Å². The summed E-state index contributed by atoms with van der Waals surface area (Å²) in [6.07, 6.45) is 3.19. The van der Waals surface area contributed by atoms with E-state index in [1.165, 1.54) is 6.20 Å². The summed E-state index contributed by atoms with van der Waals surface area (Å²) in [5.74, 6) is -0.153. The first-order chi connectivity index (χ1) is 7.70. The first-order valence-corrected chi connectivity index (χ1v) is 5.11. The zero-order chi connectivity index (χ0) is 11.5. The maximum absolute atomic E-state index is 11.3. The zero-order valence-corrected chi connectivity index (χ0v) is 9.40. The fraction of sp³-hybridized carbons (Fsp3) is 0.0909. The molecule has 0 unspecified atom stereocenters. The van der Waals surface area contributed by atoms with Crippen molar-refractivity contribution >= 4 is 17.5 Å². The highest BCUT2D eigenvalue weighted by atomic mass is 35.5. The first-order valence-electron chi connectivity index (χ1n) is 4.73. The van der Waals surface area contributed by atoms with E-state index in [1.54, 1.807) is 30.1 Å². The van der Waals surface area contributed by atoms with Gasteiger partial charge in [0.25, 0.3) is 5.91 Å². The maximum atomic E-state index is 11.3. The standard InChI is InChI=1S/C11H10ClN3O/c1-13-11(16)8-6-14-15(7-8)10-4-2-9(12)3-5-10/h2-7H,1H3,(H,13,16). The summed E-state index contributed by atoms with van der Waals surface area (Å²) in [5, 5.41) is 7.31. The number of carbonyl (C=O) groups is 1. The minimum Gasteiger partial charge on any atom is -0.355 e. The molecule has 0 fully saturated rings. The van der Waals surface area contributed by atoms with Crippen molar-refractivity contribution in [1.29, 1.82) is 0 Å². The van der Waals surface area contributed by atoms with Gasteiger partial charge in [-0.3, -0.25) is 4.79 Å². The third-order valence-corrected chi connectivity index (χ3v) is 2.41. The first kappa shape index (κ1) is 10.7. The molecule has 0 aliphatic carbocycles. The molecule has 0 saturated carbocycles. The van der Waals surface area contributed by atoms with E-state index in [0.717, 1.165) is 5.69 Å². The second-order valence-corrected chi connectivity index (χ2v) is 3.67. The van der Waals surface area contributed by atoms with Crippen LogP contribution in [0.5, 0.6) is 0 Å². The summed E-state index contributed by atoms with van der Waals surface area (Å²) in [6, 6.07) is 7.22. The number of carbonyl (C=O) groups excluding carboxylic acids is 1. The van der Waals surface area contributed by atoms with E-state index in [4.69, 9.17) is 11.6 Å². The number of hydrogen-bond acceptors (Lipinski definition) is 2. The SMILES string of the molecule is CNC(=O)c1cnn(-c2ccc(Cl)cc2)c1. The average molecular weight is 236 g/mol. The minimum absolute atomic E-state index is 0.153. The molecule has 1 N–H and O–H groups in total. The molecule has 1 aromatic heterocycles. The van der Waals surface area contributed by atoms with Crippen LogP contribution in [0.4, 0.5) is 0 Å². The van der Waals surface area contributed by atoms with Crippen molar-refractivity contribution in [2.45, 2.75) is 0 Å². The Morgan fingerprint density at radius 3 is 2.69 bits per heavy atom. The summed E-state index contributed by atoms with van der Waals surface area (Å²) >= 11 is 5.78. The van der Waals surface area contributed by atoms with Crippen LogP contribution in [-0.2, 0) is 0 Å². The third kappa shape index (κ3) is 2.06. The number of nitrogens with zero attached hydrogens (tertiary/aromatic N) is 2. The van der Waals surface area contributed by atoms with Gasteiger partial charge in [0, 0.05) is 18.3 Å².